The van der Waals surface area contributed by atoms with Crippen molar-refractivity contribution in [2.24, 2.45) is 13.0 Å². The molecule has 1 aromatic heterocycles. The van der Waals surface area contributed by atoms with E-state index in [-0.39, 0.29) is 17.0 Å². The van der Waals surface area contributed by atoms with Crippen molar-refractivity contribution in [2.75, 3.05) is 0 Å². The molecule has 1 rings (SSSR count). The Hall–Kier alpha value is -0.310. The van der Waals surface area contributed by atoms with E-state index in [2.05, 4.69) is 48.8 Å². The van der Waals surface area contributed by atoms with Crippen LogP contribution in [0, 0.1) is 5.92 Å². The topological polar surface area (TPSA) is 8.81 Å². The highest BCUT2D eigenvalue weighted by molar-refractivity contribution is 4.65. The second-order valence-electron chi connectivity index (χ2n) is 3.85. The van der Waals surface area contributed by atoms with E-state index >= 15 is 0 Å². The summed E-state index contributed by atoms with van der Waals surface area (Å²) in [4.78, 5) is 0. The number of halogens is 1. The van der Waals surface area contributed by atoms with Gasteiger partial charge in [-0.25, -0.2) is 9.13 Å². The van der Waals surface area contributed by atoms with Gasteiger partial charge in [0.25, 0.3) is 0 Å². The Kier molecular flexibility index (Phi) is 6.04. The average Bonchev–Trinajstić information content (AvgIpc) is 2.35. The summed E-state index contributed by atoms with van der Waals surface area (Å²) in [5.41, 5.74) is 0. The average molecular weight is 247 g/mol. The number of nitrogens with zero attached hydrogens (tertiary/aromatic N) is 2. The van der Waals surface area contributed by atoms with Crippen molar-refractivity contribution in [1.29, 1.82) is 0 Å². The van der Waals surface area contributed by atoms with Gasteiger partial charge in [0.1, 0.15) is 12.4 Å². The van der Waals surface area contributed by atoms with Crippen molar-refractivity contribution >= 4 is 0 Å². The SMILES string of the molecule is CC(C)CCCn1cc[n+](C)c1.[Br-]. The minimum Gasteiger partial charge on any atom is -1.00 e. The lowest BCUT2D eigenvalue weighted by Gasteiger charge is -2.01. The molecule has 0 aliphatic rings. The van der Waals surface area contributed by atoms with Crippen molar-refractivity contribution in [2.45, 2.75) is 33.2 Å². The molecule has 0 unspecified atom stereocenters. The molecule has 0 saturated heterocycles. The first-order valence-electron chi connectivity index (χ1n) is 4.69. The van der Waals surface area contributed by atoms with Crippen LogP contribution in [0.2, 0.25) is 0 Å². The summed E-state index contributed by atoms with van der Waals surface area (Å²) in [5, 5.41) is 0. The van der Waals surface area contributed by atoms with Gasteiger partial charge in [-0.2, -0.15) is 0 Å². The maximum Gasteiger partial charge on any atom is 0.243 e. The summed E-state index contributed by atoms with van der Waals surface area (Å²) < 4.78 is 4.32. The van der Waals surface area contributed by atoms with E-state index in [9.17, 15) is 0 Å². The van der Waals surface area contributed by atoms with Crippen LogP contribution < -0.4 is 21.5 Å². The van der Waals surface area contributed by atoms with E-state index in [4.69, 9.17) is 0 Å². The first-order valence-corrected chi connectivity index (χ1v) is 4.69. The molecule has 1 heterocycles. The van der Waals surface area contributed by atoms with Gasteiger partial charge >= 0.3 is 0 Å². The normalized spacial score (nSPS) is 10.2. The second-order valence-corrected chi connectivity index (χ2v) is 3.85. The summed E-state index contributed by atoms with van der Waals surface area (Å²) in [6, 6.07) is 0. The Morgan fingerprint density at radius 1 is 1.38 bits per heavy atom. The molecular weight excluding hydrogens is 228 g/mol. The van der Waals surface area contributed by atoms with Gasteiger partial charge < -0.3 is 17.0 Å². The summed E-state index contributed by atoms with van der Waals surface area (Å²) >= 11 is 0. The fraction of sp³-hybridized carbons (Fsp3) is 0.700. The third-order valence-corrected chi connectivity index (χ3v) is 2.02. The van der Waals surface area contributed by atoms with Crippen LogP contribution in [-0.2, 0) is 13.6 Å². The van der Waals surface area contributed by atoms with Gasteiger partial charge in [0.05, 0.1) is 13.6 Å². The number of rotatable bonds is 4. The predicted octanol–water partition coefficient (Wildman–Crippen LogP) is -1.25. The third kappa shape index (κ3) is 5.09. The van der Waals surface area contributed by atoms with Gasteiger partial charge in [-0.3, -0.25) is 0 Å². The van der Waals surface area contributed by atoms with Crippen LogP contribution in [0.3, 0.4) is 0 Å². The zero-order valence-electron chi connectivity index (χ0n) is 8.70. The molecule has 0 amide bonds. The number of aromatic nitrogens is 2. The van der Waals surface area contributed by atoms with E-state index < -0.39 is 0 Å². The molecule has 0 saturated carbocycles. The molecule has 3 heteroatoms. The summed E-state index contributed by atoms with van der Waals surface area (Å²) in [6.45, 7) is 5.70. The highest BCUT2D eigenvalue weighted by Crippen LogP contribution is 2.04. The van der Waals surface area contributed by atoms with Crippen LogP contribution in [0.4, 0.5) is 0 Å². The van der Waals surface area contributed by atoms with Crippen molar-refractivity contribution in [3.05, 3.63) is 18.7 Å². The van der Waals surface area contributed by atoms with E-state index in [1.807, 2.05) is 0 Å². The minimum absolute atomic E-state index is 0. The van der Waals surface area contributed by atoms with E-state index in [0.29, 0.717) is 0 Å². The van der Waals surface area contributed by atoms with E-state index in [1.54, 1.807) is 0 Å². The van der Waals surface area contributed by atoms with Crippen LogP contribution in [0.25, 0.3) is 0 Å². The molecule has 0 radical (unpaired) electrons. The van der Waals surface area contributed by atoms with E-state index in [0.717, 1.165) is 12.5 Å². The predicted molar refractivity (Wildman–Crippen MR) is 49.7 cm³/mol. The largest absolute Gasteiger partial charge is 1.00 e. The Morgan fingerprint density at radius 3 is 2.54 bits per heavy atom. The number of imidazole rings is 1. The number of hydrogen-bond donors (Lipinski definition) is 0. The van der Waals surface area contributed by atoms with Crippen molar-refractivity contribution in [1.82, 2.24) is 4.57 Å². The molecule has 0 spiro atoms. The minimum atomic E-state index is 0. The lowest BCUT2D eigenvalue weighted by molar-refractivity contribution is -0.671. The van der Waals surface area contributed by atoms with Gasteiger partial charge in [0, 0.05) is 0 Å². The molecule has 0 aliphatic heterocycles. The third-order valence-electron chi connectivity index (χ3n) is 2.02. The van der Waals surface area contributed by atoms with Crippen molar-refractivity contribution in [3.63, 3.8) is 0 Å². The molecule has 0 bridgehead atoms. The zero-order valence-corrected chi connectivity index (χ0v) is 10.3. The molecule has 0 aromatic carbocycles. The summed E-state index contributed by atoms with van der Waals surface area (Å²) in [5.74, 6) is 0.828. The first kappa shape index (κ1) is 12.7. The first-order chi connectivity index (χ1) is 5.68. The molecular formula is C10H19BrN2. The molecule has 1 aromatic rings. The maximum absolute atomic E-state index is 2.27. The quantitative estimate of drug-likeness (QED) is 0.588. The standard InChI is InChI=1S/C10H19N2.BrH/c1-10(2)5-4-6-12-8-7-11(3)9-12;/h7-10H,4-6H2,1-3H3;1H/q+1;/p-1. The van der Waals surface area contributed by atoms with Gasteiger partial charge in [-0.05, 0) is 18.8 Å². The smallest absolute Gasteiger partial charge is 0.243 e. The monoisotopic (exact) mass is 246 g/mol. The van der Waals surface area contributed by atoms with Crippen LogP contribution in [0.5, 0.6) is 0 Å². The number of hydrogen-bond acceptors (Lipinski definition) is 0. The lowest BCUT2D eigenvalue weighted by atomic mass is 10.1. The lowest BCUT2D eigenvalue weighted by Crippen LogP contribution is -3.00. The maximum atomic E-state index is 2.27. The van der Waals surface area contributed by atoms with E-state index in [1.165, 1.54) is 12.8 Å². The van der Waals surface area contributed by atoms with Crippen molar-refractivity contribution in [3.8, 4) is 0 Å². The molecule has 0 aliphatic carbocycles. The second kappa shape index (κ2) is 6.19. The highest BCUT2D eigenvalue weighted by Gasteiger charge is 2.00. The van der Waals surface area contributed by atoms with Gasteiger partial charge in [0.2, 0.25) is 6.33 Å². The van der Waals surface area contributed by atoms with Crippen LogP contribution in [0.1, 0.15) is 26.7 Å². The number of aryl methyl sites for hydroxylation is 2. The van der Waals surface area contributed by atoms with Crippen LogP contribution in [-0.4, -0.2) is 4.57 Å². The van der Waals surface area contributed by atoms with Crippen LogP contribution >= 0.6 is 0 Å². The van der Waals surface area contributed by atoms with Gasteiger partial charge in [-0.15, -0.1) is 0 Å². The van der Waals surface area contributed by atoms with Crippen molar-refractivity contribution < 1.29 is 21.5 Å². The molecule has 0 N–H and O–H groups in total. The fourth-order valence-corrected chi connectivity index (χ4v) is 1.32. The molecule has 76 valence electrons. The molecule has 2 nitrogen and oxygen atoms in total. The molecule has 0 atom stereocenters. The Labute approximate surface area is 91.3 Å². The zero-order chi connectivity index (χ0) is 8.97. The van der Waals surface area contributed by atoms with Gasteiger partial charge in [-0.1, -0.05) is 13.8 Å². The molecule has 13 heavy (non-hydrogen) atoms. The van der Waals surface area contributed by atoms with Crippen LogP contribution in [0.15, 0.2) is 18.7 Å². The Morgan fingerprint density at radius 2 is 2.08 bits per heavy atom. The summed E-state index contributed by atoms with van der Waals surface area (Å²) in [7, 11) is 2.05. The Balaban J connectivity index is 0.00000144. The molecule has 0 fully saturated rings. The summed E-state index contributed by atoms with van der Waals surface area (Å²) in [6.07, 6.45) is 8.93. The fourth-order valence-electron chi connectivity index (χ4n) is 1.32. The highest BCUT2D eigenvalue weighted by atomic mass is 79.9. The Bertz CT molecular complexity index is 231. The van der Waals surface area contributed by atoms with Gasteiger partial charge in [0.15, 0.2) is 0 Å².